The minimum Gasteiger partial charge on any atom is -0.367 e. The number of sulfonamides is 1. The maximum absolute atomic E-state index is 12.4. The average Bonchev–Trinajstić information content (AvgIpc) is 3.15. The van der Waals surface area contributed by atoms with E-state index in [1.807, 2.05) is 12.3 Å². The Bertz CT molecular complexity index is 1300. The largest absolute Gasteiger partial charge is 0.367 e. The number of rotatable bonds is 7. The van der Waals surface area contributed by atoms with Crippen molar-refractivity contribution in [3.8, 4) is 0 Å². The van der Waals surface area contributed by atoms with Crippen LogP contribution in [0.1, 0.15) is 53.0 Å². The fourth-order valence-electron chi connectivity index (χ4n) is 5.12. The Hall–Kier alpha value is -2.69. The lowest BCUT2D eigenvalue weighted by Crippen LogP contribution is -2.60. The van der Waals surface area contributed by atoms with Crippen LogP contribution in [0.4, 0.5) is 17.3 Å². The summed E-state index contributed by atoms with van der Waals surface area (Å²) in [7, 11) is -0.430. The normalized spacial score (nSPS) is 18.2. The Morgan fingerprint density at radius 3 is 2.31 bits per heavy atom. The number of anilines is 3. The van der Waals surface area contributed by atoms with Crippen LogP contribution in [-0.4, -0.2) is 58.5 Å². The summed E-state index contributed by atoms with van der Waals surface area (Å²) in [4.78, 5) is 5.16. The van der Waals surface area contributed by atoms with E-state index in [2.05, 4.69) is 55.7 Å². The van der Waals surface area contributed by atoms with Crippen molar-refractivity contribution in [1.82, 2.24) is 24.2 Å². The predicted molar refractivity (Wildman–Crippen MR) is 141 cm³/mol. The van der Waals surface area contributed by atoms with Gasteiger partial charge in [-0.05, 0) is 71.2 Å². The highest BCUT2D eigenvalue weighted by atomic mass is 32.2. The number of aromatic nitrogens is 3. The first-order chi connectivity index (χ1) is 16.3. The van der Waals surface area contributed by atoms with Crippen LogP contribution in [0.2, 0.25) is 0 Å². The summed E-state index contributed by atoms with van der Waals surface area (Å²) in [5, 5.41) is 15.4. The Labute approximate surface area is 208 Å². The van der Waals surface area contributed by atoms with Gasteiger partial charge in [0.15, 0.2) is 5.65 Å². The molecule has 0 bridgehead atoms. The number of benzene rings is 1. The van der Waals surface area contributed by atoms with Crippen LogP contribution in [0.3, 0.4) is 0 Å². The summed E-state index contributed by atoms with van der Waals surface area (Å²) >= 11 is 0. The second-order valence-corrected chi connectivity index (χ2v) is 13.0. The minimum absolute atomic E-state index is 0.0183. The maximum atomic E-state index is 12.4. The van der Waals surface area contributed by atoms with E-state index in [4.69, 9.17) is 4.98 Å². The Morgan fingerprint density at radius 2 is 1.74 bits per heavy atom. The van der Waals surface area contributed by atoms with E-state index in [0.717, 1.165) is 47.8 Å². The van der Waals surface area contributed by atoms with Gasteiger partial charge in [0, 0.05) is 48.5 Å². The van der Waals surface area contributed by atoms with Gasteiger partial charge >= 0.3 is 0 Å². The summed E-state index contributed by atoms with van der Waals surface area (Å²) < 4.78 is 27.8. The number of hydrogen-bond acceptors (Lipinski definition) is 7. The van der Waals surface area contributed by atoms with Crippen LogP contribution >= 0.6 is 0 Å². The summed E-state index contributed by atoms with van der Waals surface area (Å²) in [6.45, 7) is 11.0. The third-order valence-electron chi connectivity index (χ3n) is 6.37. The molecule has 1 aromatic carbocycles. The quantitative estimate of drug-likeness (QED) is 0.451. The standard InChI is InChI=1S/C25H37N7O2S/c1-8-17-16-26-32-22(28-18-9-11-20(12-10-18)35(33,34)31(6)7)13-21(29-23(17)32)27-19-14-24(2,3)30-25(4,5)15-19/h9-13,16,19,28,30H,8,14-15H2,1-7H3,(H,27,29). The lowest BCUT2D eigenvalue weighted by atomic mass is 9.79. The first-order valence-electron chi connectivity index (χ1n) is 12.0. The molecule has 0 saturated carbocycles. The first kappa shape index (κ1) is 25.4. The molecule has 3 aromatic rings. The van der Waals surface area contributed by atoms with E-state index in [9.17, 15) is 8.42 Å². The van der Waals surface area contributed by atoms with Crippen molar-refractivity contribution >= 4 is 33.0 Å². The van der Waals surface area contributed by atoms with Crippen molar-refractivity contribution in [2.75, 3.05) is 24.7 Å². The highest BCUT2D eigenvalue weighted by Crippen LogP contribution is 2.31. The molecule has 35 heavy (non-hydrogen) atoms. The molecule has 0 atom stereocenters. The van der Waals surface area contributed by atoms with E-state index in [-0.39, 0.29) is 22.0 Å². The van der Waals surface area contributed by atoms with Gasteiger partial charge in [-0.2, -0.15) is 9.61 Å². The molecule has 3 heterocycles. The zero-order valence-electron chi connectivity index (χ0n) is 21.7. The third kappa shape index (κ3) is 5.44. The average molecular weight is 500 g/mol. The van der Waals surface area contributed by atoms with E-state index >= 15 is 0 Å². The molecule has 0 radical (unpaired) electrons. The second-order valence-electron chi connectivity index (χ2n) is 10.9. The fraction of sp³-hybridized carbons (Fsp3) is 0.520. The van der Waals surface area contributed by atoms with Gasteiger partial charge in [-0.3, -0.25) is 0 Å². The molecule has 1 aliphatic heterocycles. The number of piperidine rings is 1. The molecule has 10 heteroatoms. The van der Waals surface area contributed by atoms with Gasteiger partial charge in [0.25, 0.3) is 0 Å². The Kier molecular flexibility index (Phi) is 6.58. The molecular formula is C25H37N7O2S. The summed E-state index contributed by atoms with van der Waals surface area (Å²) in [5.41, 5.74) is 2.67. The van der Waals surface area contributed by atoms with Gasteiger partial charge in [0.2, 0.25) is 10.0 Å². The zero-order chi connectivity index (χ0) is 25.6. The minimum atomic E-state index is -3.48. The van der Waals surface area contributed by atoms with Crippen molar-refractivity contribution in [3.05, 3.63) is 42.1 Å². The van der Waals surface area contributed by atoms with Gasteiger partial charge in [-0.25, -0.2) is 17.7 Å². The van der Waals surface area contributed by atoms with E-state index < -0.39 is 10.0 Å². The lowest BCUT2D eigenvalue weighted by Gasteiger charge is -2.46. The van der Waals surface area contributed by atoms with E-state index in [0.29, 0.717) is 0 Å². The highest BCUT2D eigenvalue weighted by Gasteiger charge is 2.37. The van der Waals surface area contributed by atoms with Gasteiger partial charge in [-0.15, -0.1) is 0 Å². The molecule has 1 saturated heterocycles. The molecule has 1 aliphatic rings. The van der Waals surface area contributed by atoms with Crippen LogP contribution in [0.25, 0.3) is 5.65 Å². The van der Waals surface area contributed by atoms with Crippen molar-refractivity contribution in [2.24, 2.45) is 0 Å². The SMILES string of the molecule is CCc1cnn2c(Nc3ccc(S(=O)(=O)N(C)C)cc3)cc(NC3CC(C)(C)NC(C)(C)C3)nc12. The predicted octanol–water partition coefficient (Wildman–Crippen LogP) is 4.01. The molecule has 0 aliphatic carbocycles. The summed E-state index contributed by atoms with van der Waals surface area (Å²) in [6.07, 6.45) is 4.63. The van der Waals surface area contributed by atoms with Gasteiger partial charge in [0.1, 0.15) is 11.6 Å². The van der Waals surface area contributed by atoms with Crippen molar-refractivity contribution in [2.45, 2.75) is 75.9 Å². The summed E-state index contributed by atoms with van der Waals surface area (Å²) in [5.74, 6) is 1.55. The molecule has 4 rings (SSSR count). The third-order valence-corrected chi connectivity index (χ3v) is 8.20. The first-order valence-corrected chi connectivity index (χ1v) is 13.5. The molecule has 0 spiro atoms. The molecule has 2 aromatic heterocycles. The number of nitrogens with zero attached hydrogens (tertiary/aromatic N) is 4. The maximum Gasteiger partial charge on any atom is 0.242 e. The van der Waals surface area contributed by atoms with Crippen molar-refractivity contribution in [1.29, 1.82) is 0 Å². The van der Waals surface area contributed by atoms with Crippen molar-refractivity contribution in [3.63, 3.8) is 0 Å². The highest BCUT2D eigenvalue weighted by molar-refractivity contribution is 7.89. The molecule has 0 unspecified atom stereocenters. The molecule has 0 amide bonds. The van der Waals surface area contributed by atoms with Crippen molar-refractivity contribution < 1.29 is 8.42 Å². The van der Waals surface area contributed by atoms with E-state index in [1.165, 1.54) is 18.4 Å². The topological polar surface area (TPSA) is 104 Å². The van der Waals surface area contributed by atoms with Gasteiger partial charge < -0.3 is 16.0 Å². The molecule has 9 nitrogen and oxygen atoms in total. The van der Waals surface area contributed by atoms with Crippen LogP contribution < -0.4 is 16.0 Å². The number of nitrogens with one attached hydrogen (secondary N) is 3. The van der Waals surface area contributed by atoms with Crippen LogP contribution in [0.15, 0.2) is 41.4 Å². The lowest BCUT2D eigenvalue weighted by molar-refractivity contribution is 0.170. The second kappa shape index (κ2) is 9.07. The molecule has 190 valence electrons. The Morgan fingerprint density at radius 1 is 1.11 bits per heavy atom. The molecular weight excluding hydrogens is 462 g/mol. The van der Waals surface area contributed by atoms with Gasteiger partial charge in [-0.1, -0.05) is 6.92 Å². The van der Waals surface area contributed by atoms with Crippen LogP contribution in [0, 0.1) is 0 Å². The molecule has 1 fully saturated rings. The fourth-order valence-corrected chi connectivity index (χ4v) is 6.02. The van der Waals surface area contributed by atoms with Crippen LogP contribution in [-0.2, 0) is 16.4 Å². The van der Waals surface area contributed by atoms with Crippen LogP contribution in [0.5, 0.6) is 0 Å². The number of aryl methyl sites for hydroxylation is 1. The number of hydrogen-bond donors (Lipinski definition) is 3. The zero-order valence-corrected chi connectivity index (χ0v) is 22.5. The number of fused-ring (bicyclic) bond motifs is 1. The smallest absolute Gasteiger partial charge is 0.242 e. The Balaban J connectivity index is 1.66. The van der Waals surface area contributed by atoms with Gasteiger partial charge in [0.05, 0.1) is 11.1 Å². The monoisotopic (exact) mass is 499 g/mol. The van der Waals surface area contributed by atoms with E-state index in [1.54, 1.807) is 28.8 Å². The summed E-state index contributed by atoms with van der Waals surface area (Å²) in [6, 6.07) is 8.97. The molecule has 3 N–H and O–H groups in total.